The number of aryl methyl sites for hydroxylation is 1. The van der Waals surface area contributed by atoms with Crippen LogP contribution < -0.4 is 5.32 Å². The third kappa shape index (κ3) is 4.60. The lowest BCUT2D eigenvalue weighted by atomic mass is 10.0. The van der Waals surface area contributed by atoms with E-state index in [0.717, 1.165) is 31.5 Å². The second kappa shape index (κ2) is 6.33. The van der Waals surface area contributed by atoms with Crippen molar-refractivity contribution in [2.24, 2.45) is 0 Å². The zero-order valence-corrected chi connectivity index (χ0v) is 11.2. The molecular formula is C12H22N2OS. The van der Waals surface area contributed by atoms with Gasteiger partial charge in [-0.2, -0.15) is 0 Å². The van der Waals surface area contributed by atoms with E-state index in [-0.39, 0.29) is 0 Å². The van der Waals surface area contributed by atoms with Crippen molar-refractivity contribution in [2.75, 3.05) is 6.54 Å². The maximum atomic E-state index is 9.96. The highest BCUT2D eigenvalue weighted by molar-refractivity contribution is 7.09. The number of nitrogens with zero attached hydrogens (tertiary/aromatic N) is 1. The smallest absolute Gasteiger partial charge is 0.0926 e. The van der Waals surface area contributed by atoms with Gasteiger partial charge in [-0.1, -0.05) is 20.3 Å². The van der Waals surface area contributed by atoms with Gasteiger partial charge in [0.05, 0.1) is 16.3 Å². The average Bonchev–Trinajstić information content (AvgIpc) is 2.65. The van der Waals surface area contributed by atoms with Gasteiger partial charge in [-0.05, 0) is 19.8 Å². The van der Waals surface area contributed by atoms with Gasteiger partial charge < -0.3 is 10.4 Å². The van der Waals surface area contributed by atoms with E-state index in [0.29, 0.717) is 6.54 Å². The SMILES string of the molecule is CCCC(C)(O)CNCc1csc(CC)n1. The van der Waals surface area contributed by atoms with E-state index in [1.165, 1.54) is 5.01 Å². The first kappa shape index (κ1) is 13.6. The molecule has 1 heterocycles. The normalized spacial score (nSPS) is 15.0. The molecule has 4 heteroatoms. The van der Waals surface area contributed by atoms with Gasteiger partial charge in [0.2, 0.25) is 0 Å². The Hall–Kier alpha value is -0.450. The van der Waals surface area contributed by atoms with Gasteiger partial charge in [-0.3, -0.25) is 0 Å². The largest absolute Gasteiger partial charge is 0.389 e. The van der Waals surface area contributed by atoms with E-state index < -0.39 is 5.60 Å². The topological polar surface area (TPSA) is 45.1 Å². The first-order valence-electron chi connectivity index (χ1n) is 5.93. The van der Waals surface area contributed by atoms with Gasteiger partial charge in [0.15, 0.2) is 0 Å². The fourth-order valence-electron chi connectivity index (χ4n) is 1.68. The molecule has 0 aliphatic heterocycles. The Morgan fingerprint density at radius 3 is 2.81 bits per heavy atom. The molecule has 16 heavy (non-hydrogen) atoms. The van der Waals surface area contributed by atoms with Crippen molar-refractivity contribution in [3.63, 3.8) is 0 Å². The van der Waals surface area contributed by atoms with Gasteiger partial charge in [0.1, 0.15) is 0 Å². The van der Waals surface area contributed by atoms with Crippen LogP contribution in [0.1, 0.15) is 44.3 Å². The Bertz CT molecular complexity index is 310. The molecule has 0 bridgehead atoms. The summed E-state index contributed by atoms with van der Waals surface area (Å²) in [6.07, 6.45) is 2.83. The third-order valence-electron chi connectivity index (χ3n) is 2.50. The molecule has 1 unspecified atom stereocenters. The van der Waals surface area contributed by atoms with Crippen LogP contribution >= 0.6 is 11.3 Å². The maximum Gasteiger partial charge on any atom is 0.0926 e. The highest BCUT2D eigenvalue weighted by atomic mass is 32.1. The van der Waals surface area contributed by atoms with Crippen LogP contribution in [0.15, 0.2) is 5.38 Å². The second-order valence-corrected chi connectivity index (χ2v) is 5.38. The van der Waals surface area contributed by atoms with E-state index in [1.807, 2.05) is 6.92 Å². The number of aromatic nitrogens is 1. The molecular weight excluding hydrogens is 220 g/mol. The van der Waals surface area contributed by atoms with Gasteiger partial charge in [-0.15, -0.1) is 11.3 Å². The Balaban J connectivity index is 2.29. The van der Waals surface area contributed by atoms with Crippen LogP contribution in [0.3, 0.4) is 0 Å². The summed E-state index contributed by atoms with van der Waals surface area (Å²) in [6, 6.07) is 0. The summed E-state index contributed by atoms with van der Waals surface area (Å²) in [5.74, 6) is 0. The van der Waals surface area contributed by atoms with Crippen LogP contribution in [-0.4, -0.2) is 22.2 Å². The minimum Gasteiger partial charge on any atom is -0.389 e. The van der Waals surface area contributed by atoms with Crippen LogP contribution in [-0.2, 0) is 13.0 Å². The summed E-state index contributed by atoms with van der Waals surface area (Å²) < 4.78 is 0. The molecule has 2 N–H and O–H groups in total. The first-order chi connectivity index (χ1) is 7.57. The van der Waals surface area contributed by atoms with Gasteiger partial charge in [0, 0.05) is 18.5 Å². The van der Waals surface area contributed by atoms with Crippen LogP contribution in [0, 0.1) is 0 Å². The van der Waals surface area contributed by atoms with E-state index in [2.05, 4.69) is 29.5 Å². The first-order valence-corrected chi connectivity index (χ1v) is 6.81. The van der Waals surface area contributed by atoms with Crippen molar-refractivity contribution < 1.29 is 5.11 Å². The minimum atomic E-state index is -0.599. The zero-order chi connectivity index (χ0) is 12.0. The van der Waals surface area contributed by atoms with E-state index in [4.69, 9.17) is 0 Å². The number of hydrogen-bond acceptors (Lipinski definition) is 4. The quantitative estimate of drug-likeness (QED) is 0.771. The molecule has 0 saturated heterocycles. The summed E-state index contributed by atoms with van der Waals surface area (Å²) >= 11 is 1.70. The highest BCUT2D eigenvalue weighted by Gasteiger charge is 2.18. The molecule has 0 amide bonds. The molecule has 1 atom stereocenters. The van der Waals surface area contributed by atoms with Crippen LogP contribution in [0.25, 0.3) is 0 Å². The third-order valence-corrected chi connectivity index (χ3v) is 3.54. The lowest BCUT2D eigenvalue weighted by molar-refractivity contribution is 0.0497. The lowest BCUT2D eigenvalue weighted by Gasteiger charge is -2.22. The predicted molar refractivity (Wildman–Crippen MR) is 68.7 cm³/mol. The summed E-state index contributed by atoms with van der Waals surface area (Å²) in [5, 5.41) is 16.5. The summed E-state index contributed by atoms with van der Waals surface area (Å²) in [7, 11) is 0. The van der Waals surface area contributed by atoms with Crippen molar-refractivity contribution in [1.29, 1.82) is 0 Å². The fraction of sp³-hybridized carbons (Fsp3) is 0.750. The van der Waals surface area contributed by atoms with Crippen LogP contribution in [0.5, 0.6) is 0 Å². The molecule has 1 aromatic heterocycles. The van der Waals surface area contributed by atoms with E-state index in [9.17, 15) is 5.11 Å². The fourth-order valence-corrected chi connectivity index (χ4v) is 2.42. The van der Waals surface area contributed by atoms with Crippen molar-refractivity contribution in [1.82, 2.24) is 10.3 Å². The summed E-state index contributed by atoms with van der Waals surface area (Å²) in [6.45, 7) is 7.45. The molecule has 0 radical (unpaired) electrons. The van der Waals surface area contributed by atoms with Crippen LogP contribution in [0.2, 0.25) is 0 Å². The Morgan fingerprint density at radius 2 is 2.25 bits per heavy atom. The number of rotatable bonds is 7. The van der Waals surface area contributed by atoms with Crippen LogP contribution in [0.4, 0.5) is 0 Å². The molecule has 0 aliphatic carbocycles. The molecule has 0 fully saturated rings. The van der Waals surface area contributed by atoms with E-state index in [1.54, 1.807) is 11.3 Å². The molecule has 0 aliphatic rings. The minimum absolute atomic E-state index is 0.599. The molecule has 92 valence electrons. The molecule has 1 rings (SSSR count). The van der Waals surface area contributed by atoms with E-state index >= 15 is 0 Å². The Labute approximate surface area is 102 Å². The maximum absolute atomic E-state index is 9.96. The summed E-state index contributed by atoms with van der Waals surface area (Å²) in [5.41, 5.74) is 0.479. The van der Waals surface area contributed by atoms with Gasteiger partial charge in [-0.25, -0.2) is 4.98 Å². The van der Waals surface area contributed by atoms with Crippen molar-refractivity contribution in [3.8, 4) is 0 Å². The molecule has 0 spiro atoms. The average molecular weight is 242 g/mol. The molecule has 3 nitrogen and oxygen atoms in total. The highest BCUT2D eigenvalue weighted by Crippen LogP contribution is 2.12. The standard InChI is InChI=1S/C12H22N2OS/c1-4-6-12(3,15)9-13-7-10-8-16-11(5-2)14-10/h8,13,15H,4-7,9H2,1-3H3. The number of hydrogen-bond donors (Lipinski definition) is 2. The van der Waals surface area contributed by atoms with Gasteiger partial charge in [0.25, 0.3) is 0 Å². The number of aliphatic hydroxyl groups is 1. The van der Waals surface area contributed by atoms with Crippen molar-refractivity contribution in [3.05, 3.63) is 16.1 Å². The number of thiazole rings is 1. The predicted octanol–water partition coefficient (Wildman–Crippen LogP) is 2.35. The lowest BCUT2D eigenvalue weighted by Crippen LogP contribution is -2.37. The van der Waals surface area contributed by atoms with Crippen molar-refractivity contribution >= 4 is 11.3 Å². The molecule has 0 saturated carbocycles. The number of nitrogens with one attached hydrogen (secondary N) is 1. The Morgan fingerprint density at radius 1 is 1.50 bits per heavy atom. The molecule has 1 aromatic rings. The monoisotopic (exact) mass is 242 g/mol. The second-order valence-electron chi connectivity index (χ2n) is 4.44. The van der Waals surface area contributed by atoms with Gasteiger partial charge >= 0.3 is 0 Å². The van der Waals surface area contributed by atoms with Crippen molar-refractivity contribution in [2.45, 2.75) is 52.2 Å². The summed E-state index contributed by atoms with van der Waals surface area (Å²) in [4.78, 5) is 4.47. The molecule has 0 aromatic carbocycles. The Kier molecular flexibility index (Phi) is 5.38. The zero-order valence-electron chi connectivity index (χ0n) is 10.4.